The van der Waals surface area contributed by atoms with Crippen LogP contribution in [0.3, 0.4) is 0 Å². The largest absolute Gasteiger partial charge is 0.311 e. The number of fused-ring (bicyclic) bond motifs is 9. The molecule has 0 bridgehead atoms. The molecule has 698 valence electrons. The van der Waals surface area contributed by atoms with Gasteiger partial charge >= 0.3 is 0 Å². The van der Waals surface area contributed by atoms with Gasteiger partial charge < -0.3 is 18.6 Å². The summed E-state index contributed by atoms with van der Waals surface area (Å²) in [7, 11) is 0. The molecule has 4 nitrogen and oxygen atoms in total. The van der Waals surface area contributed by atoms with Crippen molar-refractivity contribution in [3.63, 3.8) is 0 Å². The van der Waals surface area contributed by atoms with E-state index in [9.17, 15) is 0 Å². The maximum absolute atomic E-state index is 2.44. The van der Waals surface area contributed by atoms with Gasteiger partial charge in [-0.15, -0.1) is 0 Å². The lowest BCUT2D eigenvalue weighted by atomic mass is 9.86. The second-order valence-electron chi connectivity index (χ2n) is 45.2. The van der Waals surface area contributed by atoms with Gasteiger partial charge in [-0.3, -0.25) is 0 Å². The highest BCUT2D eigenvalue weighted by molar-refractivity contribution is 6.15. The standard InChI is InChI=1S/C138H126N4/c1-133(2,3)109-55-37-97(38-56-109)103-49-79-127-121(85-103)122-86-104(98-39-57-110(58-40-98)134(4,5)6)50-80-128(122)140(127)118-73-31-94(32-74-118)22-19-91-25-67-115(68-26-91)139(116-69-27-92(28-70-116)20-23-95-33-75-119(76-34-95)141-129-81-51-105(99-41-59-111(60-42-99)135(7,8)9)87-123(129)124-88-106(52-82-130(124)141)100-43-61-112(62-44-100)136(10,11)12)117-71-29-93(30-72-117)21-24-96-35-77-120(78-36-96)142-131-83-53-107(101-45-63-113(64-46-101)137(13,14)15)89-125(131)126-90-108(54-84-132(126)142)102-47-65-114(66-48-102)138(16,17)18/h19-90H,1-18H3/b22-19+,23-20+,24-21+. The van der Waals surface area contributed by atoms with Gasteiger partial charge in [0.25, 0.3) is 0 Å². The third-order valence-electron chi connectivity index (χ3n) is 29.1. The molecule has 0 aliphatic heterocycles. The summed E-state index contributed by atoms with van der Waals surface area (Å²) < 4.78 is 7.31. The van der Waals surface area contributed by atoms with Crippen molar-refractivity contribution >= 4 is 119 Å². The first-order valence-electron chi connectivity index (χ1n) is 50.4. The molecule has 3 aromatic heterocycles. The minimum atomic E-state index is 0.0727. The van der Waals surface area contributed by atoms with Crippen LogP contribution in [0.4, 0.5) is 17.1 Å². The molecule has 0 fully saturated rings. The van der Waals surface area contributed by atoms with E-state index in [1.54, 1.807) is 0 Å². The molecule has 0 saturated heterocycles. The number of benzene rings is 18. The number of aromatic nitrogens is 3. The quantitative estimate of drug-likeness (QED) is 0.0783. The molecule has 0 unspecified atom stereocenters. The average molecular weight is 1840 g/mol. The molecular formula is C138H126N4. The van der Waals surface area contributed by atoms with Gasteiger partial charge in [0, 0.05) is 66.4 Å². The van der Waals surface area contributed by atoms with Gasteiger partial charge in [-0.1, -0.05) is 416 Å². The fraction of sp³-hybridized carbons (Fsp3) is 0.174. The minimum Gasteiger partial charge on any atom is -0.311 e. The molecule has 0 atom stereocenters. The molecule has 0 radical (unpaired) electrons. The fourth-order valence-corrected chi connectivity index (χ4v) is 20.4. The summed E-state index contributed by atoms with van der Waals surface area (Å²) in [5, 5.41) is 7.38. The monoisotopic (exact) mass is 1840 g/mol. The Bertz CT molecular complexity index is 7240. The smallest absolute Gasteiger partial charge is 0.0541 e. The van der Waals surface area contributed by atoms with Crippen LogP contribution in [0.15, 0.2) is 400 Å². The molecule has 0 spiro atoms. The third-order valence-corrected chi connectivity index (χ3v) is 29.1. The zero-order valence-electron chi connectivity index (χ0n) is 85.4. The number of nitrogens with zero attached hydrogens (tertiary/aromatic N) is 4. The first-order valence-corrected chi connectivity index (χ1v) is 50.4. The molecule has 21 rings (SSSR count). The lowest BCUT2D eigenvalue weighted by molar-refractivity contribution is 0.590. The summed E-state index contributed by atoms with van der Waals surface area (Å²) in [6.07, 6.45) is 13.4. The predicted octanol–water partition coefficient (Wildman–Crippen LogP) is 38.7. The van der Waals surface area contributed by atoms with Crippen molar-refractivity contribution in [2.24, 2.45) is 0 Å². The van der Waals surface area contributed by atoms with Crippen molar-refractivity contribution in [1.82, 2.24) is 13.7 Å². The highest BCUT2D eigenvalue weighted by Crippen LogP contribution is 2.46. The van der Waals surface area contributed by atoms with Crippen LogP contribution < -0.4 is 4.90 Å². The Labute approximate surface area is 839 Å². The molecule has 0 aliphatic rings. The minimum absolute atomic E-state index is 0.0727. The Morgan fingerprint density at radius 1 is 0.148 bits per heavy atom. The van der Waals surface area contributed by atoms with Crippen LogP contribution in [0, 0.1) is 0 Å². The maximum Gasteiger partial charge on any atom is 0.0541 e. The predicted molar refractivity (Wildman–Crippen MR) is 615 cm³/mol. The Kier molecular flexibility index (Phi) is 23.9. The summed E-state index contributed by atoms with van der Waals surface area (Å²) in [6, 6.07) is 151. The van der Waals surface area contributed by atoms with Gasteiger partial charge in [-0.25, -0.2) is 0 Å². The van der Waals surface area contributed by atoms with Crippen LogP contribution >= 0.6 is 0 Å². The Morgan fingerprint density at radius 2 is 0.282 bits per heavy atom. The van der Waals surface area contributed by atoms with Gasteiger partial charge in [-0.2, -0.15) is 0 Å². The molecule has 0 aliphatic carbocycles. The van der Waals surface area contributed by atoms with E-state index in [1.165, 1.54) is 166 Å². The van der Waals surface area contributed by atoms with Crippen LogP contribution in [0.1, 0.15) is 191 Å². The SMILES string of the molecule is CC(C)(C)c1ccc(-c2ccc3c(c2)c2cc(-c4ccc(C(C)(C)C)cc4)ccc2n3-c2ccc(/C=C/c3ccc(N(c4ccc(/C=C/c5ccc(-n6c7ccc(-c8ccc(C(C)(C)C)cc8)cc7c7cc(-c8ccc(C(C)(C)C)cc8)ccc76)cc5)cc4)c4ccc(/C=C/c5ccc(-n6c7ccc(-c8ccc(C(C)(C)C)cc8)cc7c7cc(-c8ccc(C(C)(C)C)cc8)ccc76)cc5)cc4)cc3)cc2)cc1. The average Bonchev–Trinajstić information content (AvgIpc) is 1.59. The van der Waals surface area contributed by atoms with Crippen molar-refractivity contribution in [1.29, 1.82) is 0 Å². The summed E-state index contributed by atoms with van der Waals surface area (Å²) >= 11 is 0. The van der Waals surface area contributed by atoms with Gasteiger partial charge in [0.05, 0.1) is 33.1 Å². The van der Waals surface area contributed by atoms with Crippen LogP contribution in [0.5, 0.6) is 0 Å². The lowest BCUT2D eigenvalue weighted by Crippen LogP contribution is -2.10. The Balaban J connectivity index is 0.575. The van der Waals surface area contributed by atoms with Crippen molar-refractivity contribution in [3.05, 3.63) is 467 Å². The molecule has 3 heterocycles. The van der Waals surface area contributed by atoms with Crippen molar-refractivity contribution in [2.75, 3.05) is 4.90 Å². The molecule has 0 N–H and O–H groups in total. The van der Waals surface area contributed by atoms with Crippen molar-refractivity contribution in [2.45, 2.75) is 157 Å². The molecule has 21 aromatic rings. The van der Waals surface area contributed by atoms with E-state index in [0.29, 0.717) is 0 Å². The number of anilines is 3. The second kappa shape index (κ2) is 36.5. The van der Waals surface area contributed by atoms with Crippen LogP contribution in [0.2, 0.25) is 0 Å². The first-order chi connectivity index (χ1) is 68.1. The van der Waals surface area contributed by atoms with Gasteiger partial charge in [-0.05, 0) is 312 Å². The van der Waals surface area contributed by atoms with Gasteiger partial charge in [0.2, 0.25) is 0 Å². The maximum atomic E-state index is 2.44. The number of rotatable bonds is 18. The Hall–Kier alpha value is -15.6. The van der Waals surface area contributed by atoms with E-state index in [4.69, 9.17) is 0 Å². The highest BCUT2D eigenvalue weighted by atomic mass is 15.1. The lowest BCUT2D eigenvalue weighted by Gasteiger charge is -2.26. The molecule has 18 aromatic carbocycles. The molecule has 0 amide bonds. The zero-order chi connectivity index (χ0) is 98.5. The summed E-state index contributed by atoms with van der Waals surface area (Å²) in [6.45, 7) is 41.0. The van der Waals surface area contributed by atoms with Gasteiger partial charge in [0.1, 0.15) is 0 Å². The van der Waals surface area contributed by atoms with Crippen LogP contribution in [0.25, 0.3) is 186 Å². The van der Waals surface area contributed by atoms with E-state index in [0.717, 1.165) is 67.5 Å². The van der Waals surface area contributed by atoms with Crippen molar-refractivity contribution in [3.8, 4) is 83.8 Å². The summed E-state index contributed by atoms with van der Waals surface area (Å²) in [5.41, 5.74) is 43.2. The first kappa shape index (κ1) is 92.7. The van der Waals surface area contributed by atoms with E-state index in [-0.39, 0.29) is 32.5 Å². The van der Waals surface area contributed by atoms with Crippen LogP contribution in [-0.2, 0) is 32.5 Å². The molecule has 142 heavy (non-hydrogen) atoms. The molecule has 0 saturated carbocycles. The molecule has 4 heteroatoms. The van der Waals surface area contributed by atoms with E-state index in [1.807, 2.05) is 0 Å². The second-order valence-corrected chi connectivity index (χ2v) is 45.2. The summed E-state index contributed by atoms with van der Waals surface area (Å²) in [4.78, 5) is 2.37. The third kappa shape index (κ3) is 18.8. The van der Waals surface area contributed by atoms with Gasteiger partial charge in [0.15, 0.2) is 0 Å². The van der Waals surface area contributed by atoms with Crippen molar-refractivity contribution < 1.29 is 0 Å². The molecular weight excluding hydrogens is 1710 g/mol. The topological polar surface area (TPSA) is 18.0 Å². The highest BCUT2D eigenvalue weighted by Gasteiger charge is 2.26. The van der Waals surface area contributed by atoms with E-state index in [2.05, 4.69) is 580 Å². The normalized spacial score (nSPS) is 12.6. The number of hydrogen-bond acceptors (Lipinski definition) is 1. The fourth-order valence-electron chi connectivity index (χ4n) is 20.4. The van der Waals surface area contributed by atoms with E-state index < -0.39 is 0 Å². The summed E-state index contributed by atoms with van der Waals surface area (Å²) in [5.74, 6) is 0. The van der Waals surface area contributed by atoms with E-state index >= 15 is 0 Å². The Morgan fingerprint density at radius 3 is 0.423 bits per heavy atom. The van der Waals surface area contributed by atoms with Crippen LogP contribution in [-0.4, -0.2) is 13.7 Å². The number of hydrogen-bond donors (Lipinski definition) is 0. The zero-order valence-corrected chi connectivity index (χ0v) is 85.4.